The molecule has 3 nitrogen and oxygen atoms in total. The largest absolute Gasteiger partial charge is 0.493 e. The van der Waals surface area contributed by atoms with Crippen LogP contribution in [0.3, 0.4) is 0 Å². The van der Waals surface area contributed by atoms with Crippen LogP contribution < -0.4 is 16.0 Å². The van der Waals surface area contributed by atoms with Crippen LogP contribution in [0, 0.1) is 13.8 Å². The second-order valence-corrected chi connectivity index (χ2v) is 6.30. The first kappa shape index (κ1) is 14.6. The number of para-hydroxylation sites is 1. The molecular formula is C17H19BrN2O. The lowest BCUT2D eigenvalue weighted by atomic mass is 9.94. The fourth-order valence-electron chi connectivity index (χ4n) is 2.98. The van der Waals surface area contributed by atoms with E-state index in [9.17, 15) is 0 Å². The van der Waals surface area contributed by atoms with Gasteiger partial charge in [-0.05, 0) is 36.1 Å². The van der Waals surface area contributed by atoms with Gasteiger partial charge in [-0.25, -0.2) is 5.43 Å². The Morgan fingerprint density at radius 3 is 2.62 bits per heavy atom. The average Bonchev–Trinajstić information content (AvgIpc) is 2.94. The van der Waals surface area contributed by atoms with E-state index in [0.717, 1.165) is 34.4 Å². The molecule has 4 heteroatoms. The Kier molecular flexibility index (Phi) is 4.02. The number of nitrogens with one attached hydrogen (secondary N) is 1. The van der Waals surface area contributed by atoms with E-state index in [0.29, 0.717) is 0 Å². The summed E-state index contributed by atoms with van der Waals surface area (Å²) in [5.41, 5.74) is 8.88. The highest BCUT2D eigenvalue weighted by molar-refractivity contribution is 9.10. The minimum atomic E-state index is -0.0662. The first-order valence-corrected chi connectivity index (χ1v) is 7.88. The minimum absolute atomic E-state index is 0.0662. The number of hydrogen-bond donors (Lipinski definition) is 2. The van der Waals surface area contributed by atoms with Crippen molar-refractivity contribution >= 4 is 15.9 Å². The fraction of sp³-hybridized carbons (Fsp3) is 0.294. The lowest BCUT2D eigenvalue weighted by molar-refractivity contribution is 0.350. The molecule has 110 valence electrons. The standard InChI is InChI=1S/C17H19BrN2O/c1-10-8-13(9-11(2)15(10)18)16(20-19)14-5-3-4-12-6-7-21-17(12)14/h3-5,8-9,16,20H,6-7,19H2,1-2H3. The molecule has 0 saturated carbocycles. The molecule has 0 bridgehead atoms. The number of benzene rings is 2. The summed E-state index contributed by atoms with van der Waals surface area (Å²) in [6.07, 6.45) is 0.971. The summed E-state index contributed by atoms with van der Waals surface area (Å²) in [6.45, 7) is 4.95. The van der Waals surface area contributed by atoms with Crippen LogP contribution in [-0.4, -0.2) is 6.61 Å². The quantitative estimate of drug-likeness (QED) is 0.659. The SMILES string of the molecule is Cc1cc(C(NN)c2cccc3c2OCC3)cc(C)c1Br. The number of ether oxygens (including phenoxy) is 1. The molecular weight excluding hydrogens is 328 g/mol. The van der Waals surface area contributed by atoms with Crippen molar-refractivity contribution in [1.29, 1.82) is 0 Å². The van der Waals surface area contributed by atoms with Crippen LogP contribution in [-0.2, 0) is 6.42 Å². The van der Waals surface area contributed by atoms with Gasteiger partial charge in [0.05, 0.1) is 12.6 Å². The molecule has 21 heavy (non-hydrogen) atoms. The molecule has 3 N–H and O–H groups in total. The third kappa shape index (κ3) is 2.59. The number of hydrogen-bond acceptors (Lipinski definition) is 3. The second kappa shape index (κ2) is 5.79. The molecule has 0 radical (unpaired) electrons. The molecule has 0 amide bonds. The predicted octanol–water partition coefficient (Wildman–Crippen LogP) is 3.55. The summed E-state index contributed by atoms with van der Waals surface area (Å²) in [5.74, 6) is 6.84. The van der Waals surface area contributed by atoms with E-state index in [1.165, 1.54) is 16.7 Å². The second-order valence-electron chi connectivity index (χ2n) is 5.50. The first-order valence-electron chi connectivity index (χ1n) is 7.09. The van der Waals surface area contributed by atoms with E-state index in [-0.39, 0.29) is 6.04 Å². The van der Waals surface area contributed by atoms with Gasteiger partial charge >= 0.3 is 0 Å². The predicted molar refractivity (Wildman–Crippen MR) is 88.4 cm³/mol. The molecule has 3 rings (SSSR count). The van der Waals surface area contributed by atoms with Crippen molar-refractivity contribution < 1.29 is 4.74 Å². The molecule has 0 spiro atoms. The van der Waals surface area contributed by atoms with Crippen molar-refractivity contribution in [3.8, 4) is 5.75 Å². The molecule has 0 aliphatic carbocycles. The van der Waals surface area contributed by atoms with Gasteiger partial charge in [0.15, 0.2) is 0 Å². The summed E-state index contributed by atoms with van der Waals surface area (Å²) < 4.78 is 6.96. The van der Waals surface area contributed by atoms with E-state index < -0.39 is 0 Å². The first-order chi connectivity index (χ1) is 10.1. The lowest BCUT2D eigenvalue weighted by Crippen LogP contribution is -2.29. The Balaban J connectivity index is 2.09. The average molecular weight is 347 g/mol. The van der Waals surface area contributed by atoms with Gasteiger partial charge in [0.1, 0.15) is 5.75 Å². The lowest BCUT2D eigenvalue weighted by Gasteiger charge is -2.21. The summed E-state index contributed by atoms with van der Waals surface area (Å²) in [7, 11) is 0. The van der Waals surface area contributed by atoms with Crippen molar-refractivity contribution in [2.24, 2.45) is 5.84 Å². The van der Waals surface area contributed by atoms with Crippen LogP contribution >= 0.6 is 15.9 Å². The molecule has 0 aromatic heterocycles. The molecule has 1 heterocycles. The zero-order valence-electron chi connectivity index (χ0n) is 12.2. The normalized spacial score (nSPS) is 14.7. The van der Waals surface area contributed by atoms with Crippen molar-refractivity contribution in [3.05, 3.63) is 62.6 Å². The highest BCUT2D eigenvalue weighted by Gasteiger charge is 2.23. The van der Waals surface area contributed by atoms with Crippen molar-refractivity contribution in [1.82, 2.24) is 5.43 Å². The van der Waals surface area contributed by atoms with Crippen molar-refractivity contribution in [2.75, 3.05) is 6.61 Å². The molecule has 2 aromatic rings. The topological polar surface area (TPSA) is 47.3 Å². The number of fused-ring (bicyclic) bond motifs is 1. The molecule has 2 aromatic carbocycles. The number of aryl methyl sites for hydroxylation is 2. The fourth-order valence-corrected chi connectivity index (χ4v) is 3.21. The van der Waals surface area contributed by atoms with Gasteiger partial charge in [-0.2, -0.15) is 0 Å². The summed E-state index contributed by atoms with van der Waals surface area (Å²) >= 11 is 3.61. The van der Waals surface area contributed by atoms with Gasteiger partial charge in [0.2, 0.25) is 0 Å². The van der Waals surface area contributed by atoms with Crippen molar-refractivity contribution in [2.45, 2.75) is 26.3 Å². The van der Waals surface area contributed by atoms with Crippen LogP contribution in [0.4, 0.5) is 0 Å². The Hall–Kier alpha value is -1.36. The summed E-state index contributed by atoms with van der Waals surface area (Å²) in [5, 5.41) is 0. The Morgan fingerprint density at radius 1 is 1.24 bits per heavy atom. The van der Waals surface area contributed by atoms with E-state index >= 15 is 0 Å². The van der Waals surface area contributed by atoms with E-state index in [1.54, 1.807) is 0 Å². The molecule has 0 fully saturated rings. The number of nitrogens with two attached hydrogens (primary N) is 1. The van der Waals surface area contributed by atoms with Crippen molar-refractivity contribution in [3.63, 3.8) is 0 Å². The van der Waals surface area contributed by atoms with E-state index in [4.69, 9.17) is 10.6 Å². The highest BCUT2D eigenvalue weighted by atomic mass is 79.9. The zero-order valence-corrected chi connectivity index (χ0v) is 13.8. The van der Waals surface area contributed by atoms with Crippen LogP contribution in [0.25, 0.3) is 0 Å². The van der Waals surface area contributed by atoms with Crippen LogP contribution in [0.15, 0.2) is 34.8 Å². The monoisotopic (exact) mass is 346 g/mol. The third-order valence-electron chi connectivity index (χ3n) is 4.01. The van der Waals surface area contributed by atoms with Gasteiger partial charge in [-0.3, -0.25) is 5.84 Å². The molecule has 1 aliphatic rings. The highest BCUT2D eigenvalue weighted by Crippen LogP contribution is 2.37. The number of rotatable bonds is 3. The van der Waals surface area contributed by atoms with Gasteiger partial charge < -0.3 is 4.74 Å². The molecule has 1 atom stereocenters. The maximum atomic E-state index is 5.85. The van der Waals surface area contributed by atoms with Gasteiger partial charge in [-0.1, -0.05) is 46.3 Å². The van der Waals surface area contributed by atoms with Crippen LogP contribution in [0.2, 0.25) is 0 Å². The summed E-state index contributed by atoms with van der Waals surface area (Å²) in [4.78, 5) is 0. The smallest absolute Gasteiger partial charge is 0.127 e. The Morgan fingerprint density at radius 2 is 1.95 bits per heavy atom. The molecule has 1 unspecified atom stereocenters. The maximum absolute atomic E-state index is 5.85. The minimum Gasteiger partial charge on any atom is -0.493 e. The summed E-state index contributed by atoms with van der Waals surface area (Å²) in [6, 6.07) is 10.5. The van der Waals surface area contributed by atoms with Gasteiger partial charge in [0, 0.05) is 16.5 Å². The van der Waals surface area contributed by atoms with Gasteiger partial charge in [-0.15, -0.1) is 0 Å². The van der Waals surface area contributed by atoms with E-state index in [2.05, 4.69) is 65.5 Å². The molecule has 0 saturated heterocycles. The van der Waals surface area contributed by atoms with Crippen LogP contribution in [0.1, 0.15) is 33.9 Å². The number of hydrazine groups is 1. The number of halogens is 1. The Labute approximate surface area is 133 Å². The maximum Gasteiger partial charge on any atom is 0.127 e. The van der Waals surface area contributed by atoms with Gasteiger partial charge in [0.25, 0.3) is 0 Å². The zero-order chi connectivity index (χ0) is 15.0. The Bertz CT molecular complexity index is 661. The van der Waals surface area contributed by atoms with E-state index in [1.807, 2.05) is 0 Å². The third-order valence-corrected chi connectivity index (χ3v) is 5.27. The molecule has 1 aliphatic heterocycles. The van der Waals surface area contributed by atoms with Crippen LogP contribution in [0.5, 0.6) is 5.75 Å².